The maximum Gasteiger partial charge on any atom is 0.326 e. The highest BCUT2D eigenvalue weighted by molar-refractivity contribution is 5.96. The minimum absolute atomic E-state index is 0.0169. The number of aromatic hydroxyl groups is 1. The van der Waals surface area contributed by atoms with Crippen molar-refractivity contribution in [1.29, 1.82) is 0 Å². The standard InChI is InChI=1S/C34H44N6O10/c1-18(2)13-26(39-33(48)27(38-30(45)23(35)17-41)15-20-16-36-24-6-4-3-5-22(20)24)32(47)37-25(11-12-29(43)44)31(46)40-28(34(49)50)14-19-7-9-21(42)10-8-19/h3-10,16,18,23,25-28,36,41-42H,11-15,17,35H2,1-2H3,(H,37,47)(H,38,45)(H,39,48)(H,40,46)(H,43,44)(H,49,50)/t23-,25-,26-,27-,28-/m0/s1. The van der Waals surface area contributed by atoms with Gasteiger partial charge in [0.05, 0.1) is 6.61 Å². The fourth-order valence-electron chi connectivity index (χ4n) is 5.22. The van der Waals surface area contributed by atoms with Crippen LogP contribution in [0.2, 0.25) is 0 Å². The molecule has 50 heavy (non-hydrogen) atoms. The molecule has 3 aromatic rings. The highest BCUT2D eigenvalue weighted by Gasteiger charge is 2.33. The number of carbonyl (C=O) groups is 6. The number of benzene rings is 2. The van der Waals surface area contributed by atoms with Crippen LogP contribution in [-0.2, 0) is 41.6 Å². The number of phenolic OH excluding ortho intramolecular Hbond substituents is 1. The van der Waals surface area contributed by atoms with Crippen molar-refractivity contribution in [1.82, 2.24) is 26.3 Å². The third-order valence-corrected chi connectivity index (χ3v) is 7.88. The van der Waals surface area contributed by atoms with Crippen LogP contribution in [0.3, 0.4) is 0 Å². The largest absolute Gasteiger partial charge is 0.508 e. The summed E-state index contributed by atoms with van der Waals surface area (Å²) in [4.78, 5) is 79.9. The van der Waals surface area contributed by atoms with Crippen LogP contribution in [0.1, 0.15) is 44.2 Å². The molecule has 16 heteroatoms. The molecular weight excluding hydrogens is 652 g/mol. The quantitative estimate of drug-likeness (QED) is 0.0791. The molecule has 1 heterocycles. The number of carbonyl (C=O) groups excluding carboxylic acids is 4. The Morgan fingerprint density at radius 2 is 1.34 bits per heavy atom. The molecule has 2 aromatic carbocycles. The van der Waals surface area contributed by atoms with Crippen LogP contribution >= 0.6 is 0 Å². The molecule has 0 spiro atoms. The summed E-state index contributed by atoms with van der Waals surface area (Å²) >= 11 is 0. The number of fused-ring (bicyclic) bond motifs is 1. The number of aliphatic hydroxyl groups is 1. The summed E-state index contributed by atoms with van der Waals surface area (Å²) < 4.78 is 0. The smallest absolute Gasteiger partial charge is 0.326 e. The van der Waals surface area contributed by atoms with Gasteiger partial charge in [0, 0.05) is 36.4 Å². The summed E-state index contributed by atoms with van der Waals surface area (Å²) in [7, 11) is 0. The molecule has 3 rings (SSSR count). The van der Waals surface area contributed by atoms with E-state index >= 15 is 0 Å². The van der Waals surface area contributed by atoms with Gasteiger partial charge in [0.1, 0.15) is 36.0 Å². The second kappa shape index (κ2) is 18.3. The lowest BCUT2D eigenvalue weighted by molar-refractivity contribution is -0.143. The Kier molecular flexibility index (Phi) is 14.3. The number of aliphatic carboxylic acids is 2. The summed E-state index contributed by atoms with van der Waals surface area (Å²) in [6.07, 6.45) is 0.637. The molecule has 16 nitrogen and oxygen atoms in total. The molecule has 0 aliphatic rings. The Hall–Kier alpha value is -5.48. The number of H-pyrrole nitrogens is 1. The number of aliphatic hydroxyl groups excluding tert-OH is 1. The van der Waals surface area contributed by atoms with Gasteiger partial charge in [0.2, 0.25) is 23.6 Å². The number of amides is 4. The van der Waals surface area contributed by atoms with Crippen LogP contribution in [-0.4, -0.2) is 97.8 Å². The third-order valence-electron chi connectivity index (χ3n) is 7.88. The zero-order valence-corrected chi connectivity index (χ0v) is 27.7. The van der Waals surface area contributed by atoms with Crippen molar-refractivity contribution >= 4 is 46.5 Å². The van der Waals surface area contributed by atoms with E-state index in [1.807, 2.05) is 18.2 Å². The highest BCUT2D eigenvalue weighted by Crippen LogP contribution is 2.20. The Morgan fingerprint density at radius 3 is 1.96 bits per heavy atom. The third kappa shape index (κ3) is 11.6. The van der Waals surface area contributed by atoms with Gasteiger partial charge in [-0.1, -0.05) is 44.2 Å². The maximum atomic E-state index is 13.7. The Bertz CT molecular complexity index is 1660. The molecule has 0 aliphatic carbocycles. The Balaban J connectivity index is 1.83. The number of hydrogen-bond donors (Lipinski definition) is 10. The molecule has 11 N–H and O–H groups in total. The topological polar surface area (TPSA) is 273 Å². The van der Waals surface area contributed by atoms with Crippen LogP contribution in [0.4, 0.5) is 0 Å². The number of carboxylic acids is 2. The van der Waals surface area contributed by atoms with Gasteiger partial charge in [-0.25, -0.2) is 4.79 Å². The van der Waals surface area contributed by atoms with Crippen molar-refractivity contribution in [3.05, 3.63) is 65.9 Å². The number of nitrogens with one attached hydrogen (secondary N) is 5. The fraction of sp³-hybridized carbons (Fsp3) is 0.412. The average molecular weight is 697 g/mol. The van der Waals surface area contributed by atoms with E-state index in [0.717, 1.165) is 10.9 Å². The van der Waals surface area contributed by atoms with Crippen LogP contribution < -0.4 is 27.0 Å². The van der Waals surface area contributed by atoms with Crippen LogP contribution in [0.25, 0.3) is 10.9 Å². The predicted octanol–water partition coefficient (Wildman–Crippen LogP) is -0.0870. The van der Waals surface area contributed by atoms with Crippen molar-refractivity contribution in [2.24, 2.45) is 11.7 Å². The lowest BCUT2D eigenvalue weighted by Crippen LogP contribution is -2.59. The minimum atomic E-state index is -1.49. The summed E-state index contributed by atoms with van der Waals surface area (Å²) in [5.41, 5.74) is 7.63. The van der Waals surface area contributed by atoms with Gasteiger partial charge >= 0.3 is 11.9 Å². The van der Waals surface area contributed by atoms with E-state index in [0.29, 0.717) is 11.1 Å². The first-order valence-electron chi connectivity index (χ1n) is 16.0. The zero-order chi connectivity index (χ0) is 37.0. The predicted molar refractivity (Wildman–Crippen MR) is 181 cm³/mol. The summed E-state index contributed by atoms with van der Waals surface area (Å²) in [5.74, 6) is -6.21. The molecule has 0 aliphatic heterocycles. The van der Waals surface area contributed by atoms with Gasteiger partial charge in [-0.2, -0.15) is 0 Å². The number of phenols is 1. The zero-order valence-electron chi connectivity index (χ0n) is 27.7. The summed E-state index contributed by atoms with van der Waals surface area (Å²) in [6.45, 7) is 2.89. The van der Waals surface area contributed by atoms with Gasteiger partial charge in [0.25, 0.3) is 0 Å². The normalized spacial score (nSPS) is 14.2. The average Bonchev–Trinajstić information content (AvgIpc) is 3.48. The van der Waals surface area contributed by atoms with E-state index in [-0.39, 0.29) is 37.4 Å². The molecule has 0 fully saturated rings. The van der Waals surface area contributed by atoms with E-state index in [4.69, 9.17) is 5.73 Å². The summed E-state index contributed by atoms with van der Waals surface area (Å²) in [6, 6.07) is 6.18. The molecule has 0 bridgehead atoms. The molecule has 0 saturated heterocycles. The van der Waals surface area contributed by atoms with Gasteiger partial charge < -0.3 is 52.4 Å². The first kappa shape index (κ1) is 39.0. The Morgan fingerprint density at radius 1 is 0.760 bits per heavy atom. The lowest BCUT2D eigenvalue weighted by atomic mass is 9.99. The molecule has 5 atom stereocenters. The fourth-order valence-corrected chi connectivity index (χ4v) is 5.22. The van der Waals surface area contributed by atoms with Crippen molar-refractivity contribution in [2.45, 2.75) is 76.2 Å². The lowest BCUT2D eigenvalue weighted by Gasteiger charge is -2.27. The second-order valence-electron chi connectivity index (χ2n) is 12.4. The van der Waals surface area contributed by atoms with E-state index < -0.39 is 78.8 Å². The number of rotatable bonds is 19. The van der Waals surface area contributed by atoms with Gasteiger partial charge in [0.15, 0.2) is 0 Å². The molecule has 4 amide bonds. The monoisotopic (exact) mass is 696 g/mol. The molecule has 1 aromatic heterocycles. The summed E-state index contributed by atoms with van der Waals surface area (Å²) in [5, 5.41) is 48.8. The first-order chi connectivity index (χ1) is 23.7. The second-order valence-corrected chi connectivity index (χ2v) is 12.4. The molecular formula is C34H44N6O10. The van der Waals surface area contributed by atoms with Gasteiger partial charge in [-0.05, 0) is 48.1 Å². The molecule has 0 saturated carbocycles. The number of hydrogen-bond acceptors (Lipinski definition) is 9. The molecule has 270 valence electrons. The van der Waals surface area contributed by atoms with E-state index in [1.165, 1.54) is 24.3 Å². The molecule has 0 radical (unpaired) electrons. The highest BCUT2D eigenvalue weighted by atomic mass is 16.4. The van der Waals surface area contributed by atoms with Gasteiger partial charge in [-0.15, -0.1) is 0 Å². The number of aromatic nitrogens is 1. The maximum absolute atomic E-state index is 13.7. The number of carboxylic acid groups (broad SMARTS) is 2. The van der Waals surface area contributed by atoms with Crippen LogP contribution in [0.15, 0.2) is 54.7 Å². The number of nitrogens with two attached hydrogens (primary N) is 1. The Labute approximate surface area is 287 Å². The number of aromatic amines is 1. The van der Waals surface area contributed by atoms with Crippen LogP contribution in [0.5, 0.6) is 5.75 Å². The van der Waals surface area contributed by atoms with Crippen LogP contribution in [0, 0.1) is 5.92 Å². The van der Waals surface area contributed by atoms with E-state index in [1.54, 1.807) is 26.1 Å². The van der Waals surface area contributed by atoms with E-state index in [9.17, 15) is 49.2 Å². The van der Waals surface area contributed by atoms with E-state index in [2.05, 4.69) is 26.3 Å². The molecule has 0 unspecified atom stereocenters. The number of para-hydroxylation sites is 1. The first-order valence-corrected chi connectivity index (χ1v) is 16.0. The van der Waals surface area contributed by atoms with Gasteiger partial charge in [-0.3, -0.25) is 24.0 Å². The van der Waals surface area contributed by atoms with Crippen molar-refractivity contribution < 1.29 is 49.2 Å². The SMILES string of the molecule is CC(C)C[C@H](NC(=O)[C@H](Cc1c[nH]c2ccccc12)NC(=O)[C@@H](N)CO)C(=O)N[C@@H](CCC(=O)O)C(=O)N[C@@H](Cc1ccc(O)cc1)C(=O)O. The van der Waals surface area contributed by atoms with Crippen molar-refractivity contribution in [3.63, 3.8) is 0 Å². The van der Waals surface area contributed by atoms with Crippen molar-refractivity contribution in [3.8, 4) is 5.75 Å². The van der Waals surface area contributed by atoms with Crippen molar-refractivity contribution in [2.75, 3.05) is 6.61 Å². The minimum Gasteiger partial charge on any atom is -0.508 e.